The van der Waals surface area contributed by atoms with E-state index in [1.807, 2.05) is 0 Å². The zero-order valence-corrected chi connectivity index (χ0v) is 8.14. The Bertz CT molecular complexity index is 102. The lowest BCUT2D eigenvalue weighted by atomic mass is 10.1. The molecule has 0 amide bonds. The smallest absolute Gasteiger partial charge is 0.151 e. The van der Waals surface area contributed by atoms with Gasteiger partial charge in [-0.1, -0.05) is 45.4 Å². The lowest BCUT2D eigenvalue weighted by Gasteiger charge is -1.98. The van der Waals surface area contributed by atoms with Crippen LogP contribution in [0.15, 0.2) is 0 Å². The predicted molar refractivity (Wildman–Crippen MR) is 50.6 cm³/mol. The second kappa shape index (κ2) is 6.44. The van der Waals surface area contributed by atoms with E-state index in [4.69, 9.17) is 4.84 Å². The van der Waals surface area contributed by atoms with Gasteiger partial charge in [-0.05, 0) is 12.8 Å². The van der Waals surface area contributed by atoms with Gasteiger partial charge in [-0.3, -0.25) is 4.84 Å². The van der Waals surface area contributed by atoms with E-state index in [-0.39, 0.29) is 0 Å². The van der Waals surface area contributed by atoms with Crippen molar-refractivity contribution in [2.24, 2.45) is 0 Å². The average molecular weight is 171 g/mol. The lowest BCUT2D eigenvalue weighted by Crippen LogP contribution is -1.89. The average Bonchev–Trinajstić information content (AvgIpc) is 2.87. The third-order valence-corrected chi connectivity index (χ3v) is 2.35. The molecule has 0 aromatic heterocycles. The molecule has 1 heterocycles. The van der Waals surface area contributed by atoms with Gasteiger partial charge in [0.15, 0.2) is 6.23 Å². The van der Waals surface area contributed by atoms with Gasteiger partial charge < -0.3 is 0 Å². The lowest BCUT2D eigenvalue weighted by molar-refractivity contribution is 0.357. The van der Waals surface area contributed by atoms with Gasteiger partial charge in [-0.15, -0.1) is 0 Å². The van der Waals surface area contributed by atoms with Crippen molar-refractivity contribution < 1.29 is 4.84 Å². The standard InChI is InChI=1S/C10H21NO/c1-2-3-4-5-6-7-8-9-10-11-12-10/h10-11H,2-9H2,1H3/t10-/m0/s1. The summed E-state index contributed by atoms with van der Waals surface area (Å²) in [5.41, 5.74) is 2.85. The largest absolute Gasteiger partial charge is 0.278 e. The fourth-order valence-electron chi connectivity index (χ4n) is 1.45. The number of nitrogens with one attached hydrogen (secondary N) is 1. The van der Waals surface area contributed by atoms with Crippen LogP contribution in [0.5, 0.6) is 0 Å². The molecule has 1 N–H and O–H groups in total. The molecule has 0 aliphatic carbocycles. The summed E-state index contributed by atoms with van der Waals surface area (Å²) in [6.45, 7) is 2.26. The van der Waals surface area contributed by atoms with Crippen LogP contribution in [0.25, 0.3) is 0 Å². The second-order valence-corrected chi connectivity index (χ2v) is 3.63. The molecule has 1 rings (SSSR count). The molecule has 0 unspecified atom stereocenters. The highest BCUT2D eigenvalue weighted by Gasteiger charge is 2.20. The van der Waals surface area contributed by atoms with E-state index in [0.29, 0.717) is 6.23 Å². The molecule has 1 saturated heterocycles. The zero-order chi connectivity index (χ0) is 8.65. The van der Waals surface area contributed by atoms with E-state index in [1.54, 1.807) is 0 Å². The minimum atomic E-state index is 0.403. The van der Waals surface area contributed by atoms with Crippen molar-refractivity contribution >= 4 is 0 Å². The summed E-state index contributed by atoms with van der Waals surface area (Å²) in [6.07, 6.45) is 11.3. The normalized spacial score (nSPS) is 21.2. The molecule has 0 spiro atoms. The predicted octanol–water partition coefficient (Wildman–Crippen LogP) is 2.99. The van der Waals surface area contributed by atoms with Gasteiger partial charge in [0.05, 0.1) is 0 Å². The first-order valence-electron chi connectivity index (χ1n) is 5.34. The van der Waals surface area contributed by atoms with Crippen LogP contribution in [0.2, 0.25) is 0 Å². The first-order valence-corrected chi connectivity index (χ1v) is 5.34. The van der Waals surface area contributed by atoms with E-state index in [9.17, 15) is 0 Å². The van der Waals surface area contributed by atoms with Gasteiger partial charge in [-0.25, -0.2) is 0 Å². The van der Waals surface area contributed by atoms with E-state index in [0.717, 1.165) is 0 Å². The topological polar surface area (TPSA) is 34.5 Å². The van der Waals surface area contributed by atoms with Gasteiger partial charge in [0.25, 0.3) is 0 Å². The highest BCUT2D eigenvalue weighted by molar-refractivity contribution is 4.58. The first kappa shape index (κ1) is 10.0. The van der Waals surface area contributed by atoms with E-state index < -0.39 is 0 Å². The van der Waals surface area contributed by atoms with Crippen molar-refractivity contribution in [1.82, 2.24) is 5.48 Å². The van der Waals surface area contributed by atoms with Gasteiger partial charge in [-0.2, -0.15) is 5.48 Å². The molecule has 12 heavy (non-hydrogen) atoms. The number of hydrogen-bond acceptors (Lipinski definition) is 2. The van der Waals surface area contributed by atoms with Crippen LogP contribution in [0.3, 0.4) is 0 Å². The summed E-state index contributed by atoms with van der Waals surface area (Å²) in [5.74, 6) is 0. The van der Waals surface area contributed by atoms with Crippen LogP contribution >= 0.6 is 0 Å². The molecule has 0 radical (unpaired) electrons. The SMILES string of the molecule is CCCCCCCCC[C@H]1NO1. The first-order chi connectivity index (χ1) is 5.93. The quantitative estimate of drug-likeness (QED) is 0.450. The monoisotopic (exact) mass is 171 g/mol. The van der Waals surface area contributed by atoms with Crippen molar-refractivity contribution in [2.75, 3.05) is 0 Å². The Morgan fingerprint density at radius 1 is 1.00 bits per heavy atom. The minimum absolute atomic E-state index is 0.403. The van der Waals surface area contributed by atoms with Crippen LogP contribution < -0.4 is 5.48 Å². The Balaban J connectivity index is 1.65. The molecule has 1 aliphatic heterocycles. The number of rotatable bonds is 8. The van der Waals surface area contributed by atoms with Gasteiger partial charge in [0.2, 0.25) is 0 Å². The minimum Gasteiger partial charge on any atom is -0.278 e. The molecule has 1 atom stereocenters. The zero-order valence-electron chi connectivity index (χ0n) is 8.14. The van der Waals surface area contributed by atoms with Crippen molar-refractivity contribution in [1.29, 1.82) is 0 Å². The Morgan fingerprint density at radius 2 is 1.58 bits per heavy atom. The maximum absolute atomic E-state index is 4.90. The molecular formula is C10H21NO. The molecule has 0 saturated carbocycles. The Hall–Kier alpha value is -0.0800. The fourth-order valence-corrected chi connectivity index (χ4v) is 1.45. The Kier molecular flexibility index (Phi) is 5.37. The van der Waals surface area contributed by atoms with Crippen molar-refractivity contribution in [3.05, 3.63) is 0 Å². The molecule has 0 aromatic carbocycles. The summed E-state index contributed by atoms with van der Waals surface area (Å²) < 4.78 is 0. The molecule has 0 bridgehead atoms. The van der Waals surface area contributed by atoms with Crippen LogP contribution in [0, 0.1) is 0 Å². The van der Waals surface area contributed by atoms with Crippen molar-refractivity contribution in [2.45, 2.75) is 64.5 Å². The van der Waals surface area contributed by atoms with Gasteiger partial charge >= 0.3 is 0 Å². The van der Waals surface area contributed by atoms with Gasteiger partial charge in [0, 0.05) is 0 Å². The molecule has 2 nitrogen and oxygen atoms in total. The fraction of sp³-hybridized carbons (Fsp3) is 1.00. The van der Waals surface area contributed by atoms with Crippen LogP contribution in [0.1, 0.15) is 58.3 Å². The Labute approximate surface area is 75.6 Å². The second-order valence-electron chi connectivity index (χ2n) is 3.63. The Morgan fingerprint density at radius 3 is 2.17 bits per heavy atom. The number of unbranched alkanes of at least 4 members (excludes halogenated alkanes) is 6. The molecule has 72 valence electrons. The molecule has 1 aliphatic rings. The summed E-state index contributed by atoms with van der Waals surface area (Å²) in [6, 6.07) is 0. The van der Waals surface area contributed by atoms with Crippen LogP contribution in [-0.4, -0.2) is 6.23 Å². The third kappa shape index (κ3) is 5.56. The van der Waals surface area contributed by atoms with E-state index in [2.05, 4.69) is 12.4 Å². The van der Waals surface area contributed by atoms with Crippen molar-refractivity contribution in [3.63, 3.8) is 0 Å². The highest BCUT2D eigenvalue weighted by Crippen LogP contribution is 2.13. The molecular weight excluding hydrogens is 150 g/mol. The van der Waals surface area contributed by atoms with Gasteiger partial charge in [0.1, 0.15) is 0 Å². The summed E-state index contributed by atoms with van der Waals surface area (Å²) in [5, 5.41) is 0. The number of hydrogen-bond donors (Lipinski definition) is 1. The summed E-state index contributed by atoms with van der Waals surface area (Å²) >= 11 is 0. The summed E-state index contributed by atoms with van der Waals surface area (Å²) in [4.78, 5) is 4.90. The van der Waals surface area contributed by atoms with Crippen molar-refractivity contribution in [3.8, 4) is 0 Å². The maximum atomic E-state index is 4.90. The molecule has 1 fully saturated rings. The van der Waals surface area contributed by atoms with Crippen LogP contribution in [0.4, 0.5) is 0 Å². The van der Waals surface area contributed by atoms with Crippen LogP contribution in [-0.2, 0) is 4.84 Å². The van der Waals surface area contributed by atoms with E-state index in [1.165, 1.54) is 51.4 Å². The third-order valence-electron chi connectivity index (χ3n) is 2.35. The maximum Gasteiger partial charge on any atom is 0.151 e. The number of hydroxylamine groups is 1. The molecule has 2 heteroatoms. The molecule has 0 aromatic rings. The summed E-state index contributed by atoms with van der Waals surface area (Å²) in [7, 11) is 0. The highest BCUT2D eigenvalue weighted by atomic mass is 16.8. The van der Waals surface area contributed by atoms with E-state index >= 15 is 0 Å².